The highest BCUT2D eigenvalue weighted by Gasteiger charge is 2.17. The molecule has 2 N–H and O–H groups in total. The summed E-state index contributed by atoms with van der Waals surface area (Å²) in [5.41, 5.74) is 0.984. The van der Waals surface area contributed by atoms with E-state index in [4.69, 9.17) is 14.6 Å². The molecule has 0 spiro atoms. The molecule has 104 valence electrons. The van der Waals surface area contributed by atoms with Gasteiger partial charge < -0.3 is 14.6 Å². The Labute approximate surface area is 112 Å². The molecule has 0 saturated carbocycles. The van der Waals surface area contributed by atoms with E-state index in [2.05, 4.69) is 5.32 Å². The minimum Gasteiger partial charge on any atom is -0.490 e. The zero-order chi connectivity index (χ0) is 13.8. The van der Waals surface area contributed by atoms with Crippen molar-refractivity contribution in [3.63, 3.8) is 0 Å². The highest BCUT2D eigenvalue weighted by Crippen LogP contribution is 2.32. The fourth-order valence-electron chi connectivity index (χ4n) is 1.99. The summed E-state index contributed by atoms with van der Waals surface area (Å²) in [5.74, 6) is 0.618. The van der Waals surface area contributed by atoms with Crippen LogP contribution in [0.2, 0.25) is 0 Å². The van der Waals surface area contributed by atoms with Crippen LogP contribution in [0, 0.1) is 0 Å². The number of carboxylic acid groups (broad SMARTS) is 1. The van der Waals surface area contributed by atoms with E-state index in [1.807, 2.05) is 25.1 Å². The lowest BCUT2D eigenvalue weighted by atomic mass is 10.1. The minimum atomic E-state index is -0.860. The predicted octanol–water partition coefficient (Wildman–Crippen LogP) is 1.97. The number of benzene rings is 1. The van der Waals surface area contributed by atoms with Gasteiger partial charge in [-0.2, -0.15) is 0 Å². The Balaban J connectivity index is 2.12. The molecule has 2 unspecified atom stereocenters. The Morgan fingerprint density at radius 3 is 2.63 bits per heavy atom. The summed E-state index contributed by atoms with van der Waals surface area (Å²) in [7, 11) is 0. The number of carboxylic acids is 1. The average Bonchev–Trinajstić information content (AvgIpc) is 2.62. The van der Waals surface area contributed by atoms with Gasteiger partial charge >= 0.3 is 5.97 Å². The Hall–Kier alpha value is -1.75. The number of ether oxygens (including phenoxy) is 2. The number of aliphatic carboxylic acids is 1. The van der Waals surface area contributed by atoms with Gasteiger partial charge in [0.15, 0.2) is 11.5 Å². The SMILES string of the molecule is CC(NC(C)c1ccc2c(c1)OCCCO2)C(=O)O. The second kappa shape index (κ2) is 5.93. The standard InChI is InChI=1S/C14H19NO4/c1-9(15-10(2)14(16)17)11-4-5-12-13(8-11)19-7-3-6-18-12/h4-5,8-10,15H,3,6-7H2,1-2H3,(H,16,17). The van der Waals surface area contributed by atoms with Gasteiger partial charge in [0.05, 0.1) is 13.2 Å². The van der Waals surface area contributed by atoms with E-state index in [-0.39, 0.29) is 6.04 Å². The van der Waals surface area contributed by atoms with Crippen molar-refractivity contribution in [2.24, 2.45) is 0 Å². The molecule has 0 fully saturated rings. The van der Waals surface area contributed by atoms with E-state index >= 15 is 0 Å². The Morgan fingerprint density at radius 1 is 1.26 bits per heavy atom. The molecule has 0 aliphatic carbocycles. The summed E-state index contributed by atoms with van der Waals surface area (Å²) in [5, 5.41) is 11.9. The maximum absolute atomic E-state index is 10.8. The lowest BCUT2D eigenvalue weighted by Crippen LogP contribution is -2.35. The molecule has 2 atom stereocenters. The third kappa shape index (κ3) is 3.38. The third-order valence-electron chi connectivity index (χ3n) is 3.14. The number of hydrogen-bond acceptors (Lipinski definition) is 4. The molecular formula is C14H19NO4. The van der Waals surface area contributed by atoms with Crippen LogP contribution in [0.3, 0.4) is 0 Å². The van der Waals surface area contributed by atoms with E-state index in [0.29, 0.717) is 13.2 Å². The second-order valence-electron chi connectivity index (χ2n) is 4.70. The zero-order valence-electron chi connectivity index (χ0n) is 11.2. The van der Waals surface area contributed by atoms with Crippen molar-refractivity contribution in [2.75, 3.05) is 13.2 Å². The summed E-state index contributed by atoms with van der Waals surface area (Å²) < 4.78 is 11.2. The monoisotopic (exact) mass is 265 g/mol. The zero-order valence-corrected chi connectivity index (χ0v) is 11.2. The van der Waals surface area contributed by atoms with Crippen LogP contribution < -0.4 is 14.8 Å². The van der Waals surface area contributed by atoms with Crippen LogP contribution in [0.5, 0.6) is 11.5 Å². The molecule has 0 radical (unpaired) electrons. The molecular weight excluding hydrogens is 246 g/mol. The van der Waals surface area contributed by atoms with Crippen molar-refractivity contribution < 1.29 is 19.4 Å². The molecule has 1 heterocycles. The van der Waals surface area contributed by atoms with Gasteiger partial charge in [0.2, 0.25) is 0 Å². The van der Waals surface area contributed by atoms with E-state index < -0.39 is 12.0 Å². The number of carbonyl (C=O) groups is 1. The smallest absolute Gasteiger partial charge is 0.320 e. The van der Waals surface area contributed by atoms with Crippen LogP contribution in [0.1, 0.15) is 31.9 Å². The molecule has 5 heteroatoms. The average molecular weight is 265 g/mol. The van der Waals surface area contributed by atoms with Crippen molar-refractivity contribution >= 4 is 5.97 Å². The van der Waals surface area contributed by atoms with Gasteiger partial charge in [0.25, 0.3) is 0 Å². The van der Waals surface area contributed by atoms with Crippen LogP contribution in [-0.2, 0) is 4.79 Å². The van der Waals surface area contributed by atoms with E-state index in [1.54, 1.807) is 6.92 Å². The normalized spacial score (nSPS) is 17.4. The van der Waals surface area contributed by atoms with E-state index in [1.165, 1.54) is 0 Å². The fraction of sp³-hybridized carbons (Fsp3) is 0.500. The first-order valence-electron chi connectivity index (χ1n) is 6.46. The number of fused-ring (bicyclic) bond motifs is 1. The van der Waals surface area contributed by atoms with E-state index in [0.717, 1.165) is 23.5 Å². The molecule has 2 rings (SSSR count). The molecule has 0 amide bonds. The van der Waals surface area contributed by atoms with Crippen LogP contribution in [0.25, 0.3) is 0 Å². The lowest BCUT2D eigenvalue weighted by molar-refractivity contribution is -0.139. The van der Waals surface area contributed by atoms with Gasteiger partial charge in [0.1, 0.15) is 6.04 Å². The molecule has 0 aromatic heterocycles. The summed E-state index contributed by atoms with van der Waals surface area (Å²) in [6, 6.07) is 5.06. The molecule has 19 heavy (non-hydrogen) atoms. The molecule has 1 aromatic carbocycles. The van der Waals surface area contributed by atoms with Crippen LogP contribution in [0.4, 0.5) is 0 Å². The number of hydrogen-bond donors (Lipinski definition) is 2. The first kappa shape index (κ1) is 13.7. The lowest BCUT2D eigenvalue weighted by Gasteiger charge is -2.18. The van der Waals surface area contributed by atoms with Gasteiger partial charge in [-0.3, -0.25) is 10.1 Å². The highest BCUT2D eigenvalue weighted by molar-refractivity contribution is 5.72. The van der Waals surface area contributed by atoms with Crippen LogP contribution >= 0.6 is 0 Å². The van der Waals surface area contributed by atoms with Gasteiger partial charge in [-0.25, -0.2) is 0 Å². The molecule has 1 aliphatic rings. The third-order valence-corrected chi connectivity index (χ3v) is 3.14. The van der Waals surface area contributed by atoms with Gasteiger partial charge in [-0.15, -0.1) is 0 Å². The Kier molecular flexibility index (Phi) is 4.27. The first-order chi connectivity index (χ1) is 9.08. The van der Waals surface area contributed by atoms with Gasteiger partial charge in [-0.05, 0) is 31.5 Å². The van der Waals surface area contributed by atoms with Crippen molar-refractivity contribution in [1.29, 1.82) is 0 Å². The number of nitrogens with one attached hydrogen (secondary N) is 1. The molecule has 0 saturated heterocycles. The van der Waals surface area contributed by atoms with Crippen molar-refractivity contribution in [2.45, 2.75) is 32.4 Å². The largest absolute Gasteiger partial charge is 0.490 e. The summed E-state index contributed by atoms with van der Waals surface area (Å²) >= 11 is 0. The second-order valence-corrected chi connectivity index (χ2v) is 4.70. The first-order valence-corrected chi connectivity index (χ1v) is 6.46. The van der Waals surface area contributed by atoms with Crippen LogP contribution in [0.15, 0.2) is 18.2 Å². The van der Waals surface area contributed by atoms with Gasteiger partial charge in [0, 0.05) is 12.5 Å². The van der Waals surface area contributed by atoms with Crippen molar-refractivity contribution in [3.8, 4) is 11.5 Å². The summed E-state index contributed by atoms with van der Waals surface area (Å²) in [6.07, 6.45) is 0.869. The van der Waals surface area contributed by atoms with Gasteiger partial charge in [-0.1, -0.05) is 6.07 Å². The minimum absolute atomic E-state index is 0.0664. The maximum atomic E-state index is 10.8. The van der Waals surface area contributed by atoms with Crippen LogP contribution in [-0.4, -0.2) is 30.3 Å². The Morgan fingerprint density at radius 2 is 1.95 bits per heavy atom. The van der Waals surface area contributed by atoms with Crippen molar-refractivity contribution in [1.82, 2.24) is 5.32 Å². The fourth-order valence-corrected chi connectivity index (χ4v) is 1.99. The molecule has 5 nitrogen and oxygen atoms in total. The topological polar surface area (TPSA) is 67.8 Å². The Bertz CT molecular complexity index is 461. The molecule has 0 bridgehead atoms. The summed E-state index contributed by atoms with van der Waals surface area (Å²) in [6.45, 7) is 4.86. The molecule has 1 aromatic rings. The quantitative estimate of drug-likeness (QED) is 0.871. The van der Waals surface area contributed by atoms with Crippen molar-refractivity contribution in [3.05, 3.63) is 23.8 Å². The maximum Gasteiger partial charge on any atom is 0.320 e. The highest BCUT2D eigenvalue weighted by atomic mass is 16.5. The number of rotatable bonds is 4. The predicted molar refractivity (Wildman–Crippen MR) is 70.7 cm³/mol. The molecule has 1 aliphatic heterocycles. The van der Waals surface area contributed by atoms with E-state index in [9.17, 15) is 4.79 Å². The summed E-state index contributed by atoms with van der Waals surface area (Å²) in [4.78, 5) is 10.8.